The number of piperidine rings is 1. The highest BCUT2D eigenvalue weighted by Crippen LogP contribution is 2.41. The number of carbonyl (C=O) groups excluding carboxylic acids is 2. The molecule has 9 nitrogen and oxygen atoms in total. The zero-order chi connectivity index (χ0) is 30.7. The summed E-state index contributed by atoms with van der Waals surface area (Å²) >= 11 is 6.52. The molecule has 6 rings (SSSR count). The Morgan fingerprint density at radius 2 is 1.75 bits per heavy atom. The lowest BCUT2D eigenvalue weighted by Gasteiger charge is -2.39. The molecule has 44 heavy (non-hydrogen) atoms. The molecule has 10 heteroatoms. The lowest BCUT2D eigenvalue weighted by Crippen LogP contribution is -2.45. The highest BCUT2D eigenvalue weighted by Gasteiger charge is 2.37. The number of rotatable bonds is 8. The number of likely N-dealkylation sites (tertiary alicyclic amines) is 1. The second-order valence-corrected chi connectivity index (χ2v) is 11.4. The second-order valence-electron chi connectivity index (χ2n) is 11.0. The molecule has 5 aromatic rings. The Morgan fingerprint density at radius 3 is 2.52 bits per heavy atom. The number of benzene rings is 3. The summed E-state index contributed by atoms with van der Waals surface area (Å²) in [6.07, 6.45) is 4.09. The van der Waals surface area contributed by atoms with Gasteiger partial charge in [-0.3, -0.25) is 9.59 Å². The van der Waals surface area contributed by atoms with Gasteiger partial charge in [0.05, 0.1) is 11.0 Å². The quantitative estimate of drug-likeness (QED) is 0.209. The number of aromatic nitrogens is 3. The summed E-state index contributed by atoms with van der Waals surface area (Å²) in [5, 5.41) is 16.2. The number of H-pyrrole nitrogens is 1. The predicted octanol–water partition coefficient (Wildman–Crippen LogP) is 5.68. The third-order valence-electron chi connectivity index (χ3n) is 8.17. The van der Waals surface area contributed by atoms with Crippen LogP contribution in [0, 0.1) is 0 Å². The van der Waals surface area contributed by atoms with Crippen molar-refractivity contribution in [1.29, 1.82) is 0 Å². The van der Waals surface area contributed by atoms with Crippen LogP contribution in [-0.4, -0.2) is 63.0 Å². The topological polar surface area (TPSA) is 114 Å². The van der Waals surface area contributed by atoms with E-state index in [2.05, 4.69) is 20.3 Å². The van der Waals surface area contributed by atoms with Gasteiger partial charge in [-0.1, -0.05) is 60.1 Å². The number of amides is 2. The molecule has 3 heterocycles. The fraction of sp³-hybridized carbons (Fsp3) is 0.235. The lowest BCUT2D eigenvalue weighted by atomic mass is 9.80. The van der Waals surface area contributed by atoms with Crippen LogP contribution in [0.15, 0.2) is 91.4 Å². The Labute approximate surface area is 260 Å². The van der Waals surface area contributed by atoms with E-state index in [0.717, 1.165) is 27.8 Å². The number of nitrogens with one attached hydrogen (secondary N) is 2. The van der Waals surface area contributed by atoms with Crippen molar-refractivity contribution >= 4 is 46.0 Å². The molecule has 3 aromatic carbocycles. The first-order chi connectivity index (χ1) is 21.3. The Balaban J connectivity index is 1.23. The van der Waals surface area contributed by atoms with Gasteiger partial charge in [0.25, 0.3) is 5.91 Å². The molecule has 1 saturated heterocycles. The third kappa shape index (κ3) is 5.89. The Hall–Kier alpha value is -4.73. The van der Waals surface area contributed by atoms with Crippen molar-refractivity contribution in [3.05, 3.63) is 108 Å². The van der Waals surface area contributed by atoms with Crippen LogP contribution in [-0.2, 0) is 10.4 Å². The van der Waals surface area contributed by atoms with Crippen molar-refractivity contribution in [3.63, 3.8) is 0 Å². The van der Waals surface area contributed by atoms with Crippen LogP contribution in [0.4, 0.5) is 11.5 Å². The van der Waals surface area contributed by atoms with Crippen LogP contribution in [0.3, 0.4) is 0 Å². The van der Waals surface area contributed by atoms with Crippen molar-refractivity contribution in [2.75, 3.05) is 31.1 Å². The van der Waals surface area contributed by atoms with Gasteiger partial charge in [-0.2, -0.15) is 0 Å². The number of nitrogens with zero attached hydrogens (tertiary/aromatic N) is 4. The minimum Gasteiger partial charge on any atom is -0.385 e. The predicted molar refractivity (Wildman–Crippen MR) is 172 cm³/mol. The molecule has 0 atom stereocenters. The Morgan fingerprint density at radius 1 is 1.00 bits per heavy atom. The van der Waals surface area contributed by atoms with E-state index in [9.17, 15) is 14.7 Å². The van der Waals surface area contributed by atoms with Gasteiger partial charge in [0.2, 0.25) is 5.91 Å². The summed E-state index contributed by atoms with van der Waals surface area (Å²) in [5.74, 6) is 0.443. The van der Waals surface area contributed by atoms with Crippen LogP contribution in [0.2, 0.25) is 5.02 Å². The van der Waals surface area contributed by atoms with Gasteiger partial charge in [-0.15, -0.1) is 0 Å². The van der Waals surface area contributed by atoms with Gasteiger partial charge < -0.3 is 25.2 Å². The van der Waals surface area contributed by atoms with Gasteiger partial charge in [0.1, 0.15) is 17.8 Å². The molecule has 0 saturated carbocycles. The number of aliphatic hydroxyl groups is 1. The number of halogens is 1. The fourth-order valence-corrected chi connectivity index (χ4v) is 6.15. The first-order valence-electron chi connectivity index (χ1n) is 14.6. The smallest absolute Gasteiger partial charge is 0.253 e. The third-order valence-corrected chi connectivity index (χ3v) is 8.50. The van der Waals surface area contributed by atoms with E-state index in [-0.39, 0.29) is 11.8 Å². The molecule has 0 unspecified atom stereocenters. The molecule has 1 fully saturated rings. The maximum Gasteiger partial charge on any atom is 0.253 e. The van der Waals surface area contributed by atoms with E-state index in [1.54, 1.807) is 17.2 Å². The highest BCUT2D eigenvalue weighted by atomic mass is 35.5. The number of hydrogen-bond donors (Lipinski definition) is 3. The number of hydrogen-bond acceptors (Lipinski definition) is 6. The number of carbonyl (C=O) groups is 2. The van der Waals surface area contributed by atoms with Gasteiger partial charge in [0, 0.05) is 61.1 Å². The molecule has 0 aliphatic carbocycles. The molecular weight excluding hydrogens is 576 g/mol. The molecular formula is C34H33ClN6O3. The maximum absolute atomic E-state index is 13.8. The van der Waals surface area contributed by atoms with Crippen molar-refractivity contribution in [2.45, 2.75) is 25.4 Å². The zero-order valence-corrected chi connectivity index (χ0v) is 25.1. The summed E-state index contributed by atoms with van der Waals surface area (Å²) in [5.41, 5.74) is 3.49. The summed E-state index contributed by atoms with van der Waals surface area (Å²) in [4.78, 5) is 41.1. The summed E-state index contributed by atoms with van der Waals surface area (Å²) in [7, 11) is 0. The van der Waals surface area contributed by atoms with E-state index < -0.39 is 5.60 Å². The zero-order valence-electron chi connectivity index (χ0n) is 24.3. The van der Waals surface area contributed by atoms with E-state index in [4.69, 9.17) is 11.6 Å². The van der Waals surface area contributed by atoms with Gasteiger partial charge in [-0.05, 0) is 54.3 Å². The molecule has 2 aromatic heterocycles. The fourth-order valence-electron chi connectivity index (χ4n) is 5.92. The van der Waals surface area contributed by atoms with E-state index in [0.29, 0.717) is 61.1 Å². The van der Waals surface area contributed by atoms with E-state index >= 15 is 0 Å². The summed E-state index contributed by atoms with van der Waals surface area (Å²) in [6.45, 7) is 3.12. The summed E-state index contributed by atoms with van der Waals surface area (Å²) in [6, 6.07) is 24.8. The molecule has 0 bridgehead atoms. The maximum atomic E-state index is 13.8. The van der Waals surface area contributed by atoms with Crippen molar-refractivity contribution < 1.29 is 14.7 Å². The lowest BCUT2D eigenvalue weighted by molar-refractivity contribution is -0.118. The highest BCUT2D eigenvalue weighted by molar-refractivity contribution is 6.33. The first kappa shape index (κ1) is 29.3. The largest absolute Gasteiger partial charge is 0.385 e. The van der Waals surface area contributed by atoms with Crippen molar-refractivity contribution in [2.24, 2.45) is 0 Å². The number of aromatic amines is 1. The van der Waals surface area contributed by atoms with Gasteiger partial charge in [0.15, 0.2) is 0 Å². The number of anilines is 2. The van der Waals surface area contributed by atoms with E-state index in [1.807, 2.05) is 77.7 Å². The van der Waals surface area contributed by atoms with Gasteiger partial charge >= 0.3 is 0 Å². The molecule has 1 aliphatic heterocycles. The Bertz CT molecular complexity index is 1810. The van der Waals surface area contributed by atoms with Crippen LogP contribution in [0.5, 0.6) is 0 Å². The van der Waals surface area contributed by atoms with Crippen LogP contribution in [0.25, 0.3) is 22.2 Å². The van der Waals surface area contributed by atoms with Crippen LogP contribution >= 0.6 is 11.6 Å². The molecule has 224 valence electrons. The van der Waals surface area contributed by atoms with Gasteiger partial charge in [-0.25, -0.2) is 9.97 Å². The summed E-state index contributed by atoms with van der Waals surface area (Å²) < 4.78 is 0. The molecule has 3 N–H and O–H groups in total. The first-order valence-corrected chi connectivity index (χ1v) is 15.0. The van der Waals surface area contributed by atoms with Crippen molar-refractivity contribution in [3.8, 4) is 11.1 Å². The van der Waals surface area contributed by atoms with Crippen molar-refractivity contribution in [1.82, 2.24) is 25.2 Å². The average molecular weight is 609 g/mol. The molecule has 2 amide bonds. The van der Waals surface area contributed by atoms with Crippen LogP contribution in [0.1, 0.15) is 35.7 Å². The molecule has 0 spiro atoms. The SMILES string of the molecule is CC(=O)NCCN(c1cccc(C(=O)N2CCC(O)(c3ccccc3-c3ccccc3Cl)CC2)c1)c1ncnc2[nH]ccc12. The standard InChI is InChI=1S/C34H33ClN6O3/c1-23(42)36-17-20-41(32-28-13-16-37-31(28)38-22-39-32)25-8-6-7-24(21-25)33(43)40-18-14-34(44,15-19-40)29-11-4-2-9-26(29)27-10-3-5-12-30(27)35/h2-13,16,21-22,44H,14-15,17-20H2,1H3,(H,36,42)(H,37,38,39). The Kier molecular flexibility index (Phi) is 8.32. The minimum atomic E-state index is -1.09. The normalized spacial score (nSPS) is 14.4. The second kappa shape index (κ2) is 12.5. The minimum absolute atomic E-state index is 0.107. The van der Waals surface area contributed by atoms with E-state index in [1.165, 1.54) is 13.3 Å². The van der Waals surface area contributed by atoms with Crippen LogP contribution < -0.4 is 10.2 Å². The molecule has 1 aliphatic rings. The monoisotopic (exact) mass is 608 g/mol. The average Bonchev–Trinajstić information content (AvgIpc) is 3.53. The molecule has 0 radical (unpaired) electrons. The number of fused-ring (bicyclic) bond motifs is 1.